The van der Waals surface area contributed by atoms with Gasteiger partial charge in [-0.05, 0) is 32.8 Å². The molecular formula is C16H22N6O2. The van der Waals surface area contributed by atoms with Gasteiger partial charge in [-0.1, -0.05) is 5.21 Å². The van der Waals surface area contributed by atoms with Gasteiger partial charge < -0.3 is 9.64 Å². The molecule has 1 amide bonds. The van der Waals surface area contributed by atoms with Crippen LogP contribution in [0.15, 0.2) is 6.20 Å². The highest BCUT2D eigenvalue weighted by atomic mass is 16.5. The van der Waals surface area contributed by atoms with Crippen molar-refractivity contribution in [1.82, 2.24) is 29.7 Å². The van der Waals surface area contributed by atoms with E-state index in [1.807, 2.05) is 30.4 Å². The summed E-state index contributed by atoms with van der Waals surface area (Å²) in [6.07, 6.45) is 2.67. The number of aryl methyl sites for hydroxylation is 1. The van der Waals surface area contributed by atoms with E-state index in [0.717, 1.165) is 29.1 Å². The molecular weight excluding hydrogens is 308 g/mol. The van der Waals surface area contributed by atoms with Crippen molar-refractivity contribution in [2.45, 2.75) is 52.5 Å². The number of fused-ring (bicyclic) bond motifs is 3. The first kappa shape index (κ1) is 15.3. The van der Waals surface area contributed by atoms with Crippen molar-refractivity contribution in [2.24, 2.45) is 0 Å². The summed E-state index contributed by atoms with van der Waals surface area (Å²) in [6, 6.07) is 0.0520. The van der Waals surface area contributed by atoms with Gasteiger partial charge in [0.05, 0.1) is 36.3 Å². The minimum atomic E-state index is 0.0520. The van der Waals surface area contributed by atoms with Gasteiger partial charge in [0, 0.05) is 18.8 Å². The highest BCUT2D eigenvalue weighted by Crippen LogP contribution is 2.30. The van der Waals surface area contributed by atoms with Gasteiger partial charge >= 0.3 is 0 Å². The second kappa shape index (κ2) is 5.70. The van der Waals surface area contributed by atoms with Crippen molar-refractivity contribution in [3.05, 3.63) is 28.8 Å². The summed E-state index contributed by atoms with van der Waals surface area (Å²) < 4.78 is 9.62. The predicted molar refractivity (Wildman–Crippen MR) is 85.3 cm³/mol. The largest absolute Gasteiger partial charge is 0.370 e. The molecule has 0 unspecified atom stereocenters. The van der Waals surface area contributed by atoms with E-state index in [1.165, 1.54) is 0 Å². The Hall–Kier alpha value is -2.22. The van der Waals surface area contributed by atoms with E-state index in [9.17, 15) is 4.79 Å². The molecule has 2 aromatic rings. The monoisotopic (exact) mass is 330 g/mol. The van der Waals surface area contributed by atoms with Crippen molar-refractivity contribution < 1.29 is 9.53 Å². The Balaban J connectivity index is 1.50. The van der Waals surface area contributed by atoms with Crippen LogP contribution in [-0.2, 0) is 22.7 Å². The fourth-order valence-electron chi connectivity index (χ4n) is 3.57. The van der Waals surface area contributed by atoms with Crippen LogP contribution in [0.1, 0.15) is 35.1 Å². The lowest BCUT2D eigenvalue weighted by Crippen LogP contribution is -2.50. The fraction of sp³-hybridized carbons (Fsp3) is 0.625. The molecule has 128 valence electrons. The van der Waals surface area contributed by atoms with Crippen molar-refractivity contribution in [2.75, 3.05) is 13.1 Å². The van der Waals surface area contributed by atoms with Gasteiger partial charge in [0.25, 0.3) is 0 Å². The molecule has 4 rings (SSSR count). The van der Waals surface area contributed by atoms with E-state index in [4.69, 9.17) is 4.74 Å². The molecule has 8 nitrogen and oxygen atoms in total. The van der Waals surface area contributed by atoms with Crippen LogP contribution in [-0.4, -0.2) is 54.8 Å². The topological polar surface area (TPSA) is 78.1 Å². The quantitative estimate of drug-likeness (QED) is 0.813. The average Bonchev–Trinajstić information content (AvgIpc) is 3.16. The summed E-state index contributed by atoms with van der Waals surface area (Å²) in [5.74, 6) is 0.0892. The maximum absolute atomic E-state index is 12.7. The molecule has 2 aliphatic rings. The number of carbonyl (C=O) groups is 1. The number of amides is 1. The van der Waals surface area contributed by atoms with Crippen LogP contribution >= 0.6 is 0 Å². The third-order valence-corrected chi connectivity index (χ3v) is 5.31. The van der Waals surface area contributed by atoms with Gasteiger partial charge in [-0.3, -0.25) is 9.48 Å². The number of hydrogen-bond donors (Lipinski definition) is 0. The number of piperidine rings is 1. The lowest BCUT2D eigenvalue weighted by molar-refractivity contribution is -0.138. The highest BCUT2D eigenvalue weighted by molar-refractivity contribution is 5.76. The van der Waals surface area contributed by atoms with E-state index >= 15 is 0 Å². The number of ether oxygens (including phenoxy) is 1. The van der Waals surface area contributed by atoms with Gasteiger partial charge in [0.2, 0.25) is 5.91 Å². The number of nitrogens with zero attached hydrogens (tertiary/aromatic N) is 6. The number of aromatic nitrogens is 5. The predicted octanol–water partition coefficient (Wildman–Crippen LogP) is 0.772. The van der Waals surface area contributed by atoms with E-state index in [2.05, 4.69) is 15.4 Å². The second-order valence-electron chi connectivity index (χ2n) is 6.67. The molecule has 0 aromatic carbocycles. The highest BCUT2D eigenvalue weighted by Gasteiger charge is 2.37. The first-order valence-corrected chi connectivity index (χ1v) is 8.33. The summed E-state index contributed by atoms with van der Waals surface area (Å²) in [7, 11) is 0. The normalized spacial score (nSPS) is 23.0. The van der Waals surface area contributed by atoms with Crippen LogP contribution in [0.4, 0.5) is 0 Å². The third-order valence-electron chi connectivity index (χ3n) is 5.31. The van der Waals surface area contributed by atoms with Crippen molar-refractivity contribution in [3.63, 3.8) is 0 Å². The van der Waals surface area contributed by atoms with Gasteiger partial charge in [0.15, 0.2) is 0 Å². The van der Waals surface area contributed by atoms with Crippen molar-refractivity contribution in [1.29, 1.82) is 0 Å². The number of carbonyl (C=O) groups excluding carboxylic acids is 1. The first-order valence-electron chi connectivity index (χ1n) is 8.33. The molecule has 0 saturated carbocycles. The molecule has 2 aliphatic heterocycles. The first-order chi connectivity index (χ1) is 11.5. The standard InChI is InChI=1S/C16H22N6O2/c1-10-11(2)18-21(12(10)3)8-16(23)20-5-4-15-14(7-20)22-13(9-24-15)6-17-19-22/h6,14-15H,4-5,7-9H2,1-3H3/t14-,15+/m0/s1. The summed E-state index contributed by atoms with van der Waals surface area (Å²) in [4.78, 5) is 14.6. The van der Waals surface area contributed by atoms with Gasteiger partial charge in [-0.2, -0.15) is 5.10 Å². The van der Waals surface area contributed by atoms with Crippen LogP contribution in [0.5, 0.6) is 0 Å². The molecule has 0 spiro atoms. The van der Waals surface area contributed by atoms with Crippen LogP contribution < -0.4 is 0 Å². The van der Waals surface area contributed by atoms with Crippen LogP contribution in [0, 0.1) is 20.8 Å². The molecule has 24 heavy (non-hydrogen) atoms. The maximum Gasteiger partial charge on any atom is 0.244 e. The zero-order chi connectivity index (χ0) is 16.8. The van der Waals surface area contributed by atoms with Crippen molar-refractivity contribution >= 4 is 5.91 Å². The summed E-state index contributed by atoms with van der Waals surface area (Å²) in [5, 5.41) is 12.6. The Morgan fingerprint density at radius 2 is 2.21 bits per heavy atom. The minimum absolute atomic E-state index is 0.0520. The van der Waals surface area contributed by atoms with Crippen LogP contribution in [0.25, 0.3) is 0 Å². The molecule has 4 heterocycles. The average molecular weight is 330 g/mol. The lowest BCUT2D eigenvalue weighted by atomic mass is 10.0. The summed E-state index contributed by atoms with van der Waals surface area (Å²) in [5.41, 5.74) is 4.15. The third kappa shape index (κ3) is 2.41. The van der Waals surface area contributed by atoms with Gasteiger partial charge in [-0.15, -0.1) is 5.10 Å². The molecule has 0 bridgehead atoms. The Morgan fingerprint density at radius 3 is 2.96 bits per heavy atom. The van der Waals surface area contributed by atoms with Gasteiger partial charge in [0.1, 0.15) is 6.54 Å². The Labute approximate surface area is 140 Å². The Kier molecular flexibility index (Phi) is 3.64. The Morgan fingerprint density at radius 1 is 1.38 bits per heavy atom. The molecule has 8 heteroatoms. The summed E-state index contributed by atoms with van der Waals surface area (Å²) >= 11 is 0. The molecule has 1 saturated heterocycles. The molecule has 0 N–H and O–H groups in total. The molecule has 2 atom stereocenters. The van der Waals surface area contributed by atoms with Crippen LogP contribution in [0.3, 0.4) is 0 Å². The van der Waals surface area contributed by atoms with E-state index in [-0.39, 0.29) is 24.6 Å². The van der Waals surface area contributed by atoms with Crippen molar-refractivity contribution in [3.8, 4) is 0 Å². The number of rotatable bonds is 2. The SMILES string of the molecule is Cc1nn(CC(=O)N2CC[C@H]3OCc4cnnn4[C@H]3C2)c(C)c1C. The van der Waals surface area contributed by atoms with E-state index in [0.29, 0.717) is 19.7 Å². The van der Waals surface area contributed by atoms with E-state index < -0.39 is 0 Å². The van der Waals surface area contributed by atoms with Gasteiger partial charge in [-0.25, -0.2) is 4.68 Å². The zero-order valence-corrected chi connectivity index (χ0v) is 14.3. The zero-order valence-electron chi connectivity index (χ0n) is 14.3. The fourth-order valence-corrected chi connectivity index (χ4v) is 3.57. The molecule has 0 aliphatic carbocycles. The smallest absolute Gasteiger partial charge is 0.244 e. The lowest BCUT2D eigenvalue weighted by Gasteiger charge is -2.41. The molecule has 0 radical (unpaired) electrons. The number of likely N-dealkylation sites (tertiary alicyclic amines) is 1. The number of hydrogen-bond acceptors (Lipinski definition) is 5. The maximum atomic E-state index is 12.7. The molecule has 2 aromatic heterocycles. The van der Waals surface area contributed by atoms with Crippen LogP contribution in [0.2, 0.25) is 0 Å². The summed E-state index contributed by atoms with van der Waals surface area (Å²) in [6.45, 7) is 8.16. The second-order valence-corrected chi connectivity index (χ2v) is 6.67. The molecule has 1 fully saturated rings. The Bertz CT molecular complexity index is 780. The van der Waals surface area contributed by atoms with E-state index in [1.54, 1.807) is 10.9 Å². The minimum Gasteiger partial charge on any atom is -0.370 e.